The van der Waals surface area contributed by atoms with Gasteiger partial charge in [0.15, 0.2) is 0 Å². The van der Waals surface area contributed by atoms with Crippen molar-refractivity contribution in [3.05, 3.63) is 81.0 Å². The molecule has 0 amide bonds. The Morgan fingerprint density at radius 3 is 2.19 bits per heavy atom. The Morgan fingerprint density at radius 1 is 0.962 bits per heavy atom. The molecule has 0 spiro atoms. The van der Waals surface area contributed by atoms with E-state index in [9.17, 15) is 4.39 Å². The van der Waals surface area contributed by atoms with Gasteiger partial charge in [-0.05, 0) is 79.7 Å². The van der Waals surface area contributed by atoms with Crippen LogP contribution in [-0.2, 0) is 0 Å². The molecule has 0 unspecified atom stereocenters. The van der Waals surface area contributed by atoms with Gasteiger partial charge >= 0.3 is 0 Å². The van der Waals surface area contributed by atoms with Gasteiger partial charge in [-0.1, -0.05) is 44.2 Å². The third-order valence-corrected chi connectivity index (χ3v) is 4.61. The largest absolute Gasteiger partial charge is 0.247 e. The van der Waals surface area contributed by atoms with E-state index in [1.54, 1.807) is 12.1 Å². The minimum absolute atomic E-state index is 0.254. The van der Waals surface area contributed by atoms with Gasteiger partial charge < -0.3 is 0 Å². The molecule has 0 aliphatic rings. The average Bonchev–Trinajstić information content (AvgIpc) is 2.62. The van der Waals surface area contributed by atoms with E-state index in [1.165, 1.54) is 17.7 Å². The molecule has 0 N–H and O–H groups in total. The molecule has 1 nitrogen and oxygen atoms in total. The second kappa shape index (κ2) is 8.28. The SMILES string of the molecule is CC(C)c1cc(-c2ccccc2)nc(-c2ccc(F)cc2)c1C=C(Br)Br. The Kier molecular flexibility index (Phi) is 6.05. The summed E-state index contributed by atoms with van der Waals surface area (Å²) in [6.07, 6.45) is 2.01. The highest BCUT2D eigenvalue weighted by Gasteiger charge is 2.16. The summed E-state index contributed by atoms with van der Waals surface area (Å²) in [5.74, 6) is 0.0565. The first-order valence-electron chi connectivity index (χ1n) is 8.34. The molecular formula is C22H18Br2FN. The van der Waals surface area contributed by atoms with Crippen LogP contribution >= 0.6 is 31.9 Å². The van der Waals surface area contributed by atoms with Crippen LogP contribution < -0.4 is 0 Å². The maximum Gasteiger partial charge on any atom is 0.123 e. The summed E-state index contributed by atoms with van der Waals surface area (Å²) in [6, 6.07) is 18.7. The lowest BCUT2D eigenvalue weighted by atomic mass is 9.92. The first-order valence-corrected chi connectivity index (χ1v) is 9.93. The lowest BCUT2D eigenvalue weighted by Crippen LogP contribution is -2.00. The van der Waals surface area contributed by atoms with Crippen molar-refractivity contribution in [2.24, 2.45) is 0 Å². The van der Waals surface area contributed by atoms with Crippen LogP contribution in [-0.4, -0.2) is 4.98 Å². The normalized spacial score (nSPS) is 10.8. The van der Waals surface area contributed by atoms with Gasteiger partial charge in [-0.25, -0.2) is 9.37 Å². The smallest absolute Gasteiger partial charge is 0.123 e. The van der Waals surface area contributed by atoms with Gasteiger partial charge in [-0.3, -0.25) is 0 Å². The van der Waals surface area contributed by atoms with Gasteiger partial charge in [-0.15, -0.1) is 0 Å². The topological polar surface area (TPSA) is 12.9 Å². The highest BCUT2D eigenvalue weighted by atomic mass is 79.9. The third kappa shape index (κ3) is 4.30. The third-order valence-electron chi connectivity index (χ3n) is 4.15. The molecule has 0 saturated carbocycles. The number of hydrogen-bond acceptors (Lipinski definition) is 1. The predicted octanol–water partition coefficient (Wildman–Crippen LogP) is 7.77. The first kappa shape index (κ1) is 19.0. The van der Waals surface area contributed by atoms with E-state index in [0.29, 0.717) is 5.92 Å². The molecule has 4 heteroatoms. The number of pyridine rings is 1. The zero-order chi connectivity index (χ0) is 18.7. The van der Waals surface area contributed by atoms with Gasteiger partial charge in [0, 0.05) is 16.7 Å². The molecular weight excluding hydrogens is 457 g/mol. The van der Waals surface area contributed by atoms with Crippen LogP contribution in [0.5, 0.6) is 0 Å². The zero-order valence-electron chi connectivity index (χ0n) is 14.5. The van der Waals surface area contributed by atoms with Crippen molar-refractivity contribution in [2.75, 3.05) is 0 Å². The Labute approximate surface area is 170 Å². The summed E-state index contributed by atoms with van der Waals surface area (Å²) in [4.78, 5) is 4.93. The predicted molar refractivity (Wildman–Crippen MR) is 115 cm³/mol. The minimum Gasteiger partial charge on any atom is -0.247 e. The first-order chi connectivity index (χ1) is 12.5. The highest BCUT2D eigenvalue weighted by molar-refractivity contribution is 9.28. The highest BCUT2D eigenvalue weighted by Crippen LogP contribution is 2.35. The van der Waals surface area contributed by atoms with Crippen LogP contribution in [0.1, 0.15) is 30.9 Å². The maximum absolute atomic E-state index is 13.4. The average molecular weight is 475 g/mol. The number of rotatable bonds is 4. The molecule has 1 heterocycles. The molecule has 1 aromatic heterocycles. The molecule has 0 bridgehead atoms. The molecule has 0 radical (unpaired) electrons. The number of aromatic nitrogens is 1. The minimum atomic E-state index is -0.254. The van der Waals surface area contributed by atoms with Gasteiger partial charge in [-0.2, -0.15) is 0 Å². The summed E-state index contributed by atoms with van der Waals surface area (Å²) in [6.45, 7) is 4.33. The molecule has 3 rings (SSSR count). The fraction of sp³-hybridized carbons (Fsp3) is 0.136. The van der Waals surface area contributed by atoms with Crippen LogP contribution in [0, 0.1) is 5.82 Å². The van der Waals surface area contributed by atoms with Crippen LogP contribution in [0.2, 0.25) is 0 Å². The Bertz CT molecular complexity index is 928. The number of halogens is 3. The van der Waals surface area contributed by atoms with Crippen molar-refractivity contribution in [3.63, 3.8) is 0 Å². The molecule has 26 heavy (non-hydrogen) atoms. The fourth-order valence-electron chi connectivity index (χ4n) is 2.90. The number of hydrogen-bond donors (Lipinski definition) is 0. The summed E-state index contributed by atoms with van der Waals surface area (Å²) >= 11 is 6.93. The van der Waals surface area contributed by atoms with Gasteiger partial charge in [0.1, 0.15) is 5.82 Å². The summed E-state index contributed by atoms with van der Waals surface area (Å²) in [5.41, 5.74) is 5.91. The van der Waals surface area contributed by atoms with Crippen LogP contribution in [0.25, 0.3) is 28.6 Å². The van der Waals surface area contributed by atoms with E-state index < -0.39 is 0 Å². The van der Waals surface area contributed by atoms with E-state index in [4.69, 9.17) is 4.98 Å². The van der Waals surface area contributed by atoms with E-state index in [2.05, 4.69) is 63.9 Å². The summed E-state index contributed by atoms with van der Waals surface area (Å²) in [5, 5.41) is 0. The van der Waals surface area contributed by atoms with E-state index in [0.717, 1.165) is 31.5 Å². The van der Waals surface area contributed by atoms with Crippen molar-refractivity contribution >= 4 is 37.9 Å². The molecule has 0 saturated heterocycles. The number of benzene rings is 2. The Hall–Kier alpha value is -1.78. The van der Waals surface area contributed by atoms with Crippen LogP contribution in [0.4, 0.5) is 4.39 Å². The zero-order valence-corrected chi connectivity index (χ0v) is 17.7. The van der Waals surface area contributed by atoms with Gasteiger partial charge in [0.05, 0.1) is 14.8 Å². The monoisotopic (exact) mass is 473 g/mol. The summed E-state index contributed by atoms with van der Waals surface area (Å²) < 4.78 is 14.3. The molecule has 0 fully saturated rings. The van der Waals surface area contributed by atoms with Crippen molar-refractivity contribution < 1.29 is 4.39 Å². The van der Waals surface area contributed by atoms with E-state index in [1.807, 2.05) is 24.3 Å². The maximum atomic E-state index is 13.4. The van der Waals surface area contributed by atoms with Crippen molar-refractivity contribution in [3.8, 4) is 22.5 Å². The number of nitrogens with zero attached hydrogens (tertiary/aromatic N) is 1. The van der Waals surface area contributed by atoms with E-state index in [-0.39, 0.29) is 5.82 Å². The lowest BCUT2D eigenvalue weighted by molar-refractivity contribution is 0.628. The second-order valence-electron chi connectivity index (χ2n) is 6.32. The summed E-state index contributed by atoms with van der Waals surface area (Å²) in [7, 11) is 0. The standard InChI is InChI=1S/C22H18Br2FN/c1-14(2)18-12-20(15-6-4-3-5-7-15)26-22(19(18)13-21(23)24)16-8-10-17(25)11-9-16/h3-14H,1-2H3. The quantitative estimate of drug-likeness (QED) is 0.376. The molecule has 0 aliphatic heterocycles. The molecule has 0 aliphatic carbocycles. The molecule has 3 aromatic rings. The fourth-order valence-corrected chi connectivity index (χ4v) is 3.36. The Balaban J connectivity index is 2.32. The van der Waals surface area contributed by atoms with Gasteiger partial charge in [0.25, 0.3) is 0 Å². The lowest BCUT2D eigenvalue weighted by Gasteiger charge is -2.17. The van der Waals surface area contributed by atoms with Crippen LogP contribution in [0.15, 0.2) is 64.1 Å². The van der Waals surface area contributed by atoms with Crippen LogP contribution in [0.3, 0.4) is 0 Å². The van der Waals surface area contributed by atoms with Crippen molar-refractivity contribution in [1.29, 1.82) is 0 Å². The van der Waals surface area contributed by atoms with Crippen molar-refractivity contribution in [1.82, 2.24) is 4.98 Å². The van der Waals surface area contributed by atoms with Gasteiger partial charge in [0.2, 0.25) is 0 Å². The molecule has 132 valence electrons. The second-order valence-corrected chi connectivity index (χ2v) is 9.09. The van der Waals surface area contributed by atoms with Crippen molar-refractivity contribution in [2.45, 2.75) is 19.8 Å². The molecule has 0 atom stereocenters. The van der Waals surface area contributed by atoms with E-state index >= 15 is 0 Å². The molecule has 2 aromatic carbocycles. The Morgan fingerprint density at radius 2 is 1.62 bits per heavy atom.